The summed E-state index contributed by atoms with van der Waals surface area (Å²) in [6, 6.07) is 11.5. The zero-order valence-corrected chi connectivity index (χ0v) is 12.3. The van der Waals surface area contributed by atoms with Gasteiger partial charge in [0.15, 0.2) is 0 Å². The van der Waals surface area contributed by atoms with Crippen molar-refractivity contribution in [2.24, 2.45) is 0 Å². The van der Waals surface area contributed by atoms with Crippen molar-refractivity contribution in [3.8, 4) is 10.6 Å². The van der Waals surface area contributed by atoms with Crippen LogP contribution in [0.3, 0.4) is 0 Å². The van der Waals surface area contributed by atoms with E-state index in [9.17, 15) is 0 Å². The molecule has 5 heteroatoms. The standard InChI is InChI=1S/C13H8BrClN2S/c14-8-3-7(4-10(16)5-8)13-17-11-2-1-9(15)6-12(11)18-13/h1-6H,16H2. The molecular weight excluding hydrogens is 332 g/mol. The monoisotopic (exact) mass is 338 g/mol. The average Bonchev–Trinajstić information content (AvgIpc) is 2.70. The van der Waals surface area contributed by atoms with Gasteiger partial charge in [-0.2, -0.15) is 0 Å². The van der Waals surface area contributed by atoms with Crippen LogP contribution in [0.4, 0.5) is 5.69 Å². The summed E-state index contributed by atoms with van der Waals surface area (Å²) < 4.78 is 2.03. The number of halogens is 2. The molecule has 90 valence electrons. The van der Waals surface area contributed by atoms with E-state index in [2.05, 4.69) is 20.9 Å². The number of hydrogen-bond acceptors (Lipinski definition) is 3. The van der Waals surface area contributed by atoms with Crippen LogP contribution < -0.4 is 5.73 Å². The summed E-state index contributed by atoms with van der Waals surface area (Å²) in [4.78, 5) is 4.59. The Morgan fingerprint density at radius 2 is 2.00 bits per heavy atom. The van der Waals surface area contributed by atoms with Gasteiger partial charge in [-0.25, -0.2) is 4.98 Å². The molecule has 2 N–H and O–H groups in total. The van der Waals surface area contributed by atoms with Gasteiger partial charge in [-0.3, -0.25) is 0 Å². The molecule has 1 aromatic heterocycles. The fraction of sp³-hybridized carbons (Fsp3) is 0. The van der Waals surface area contributed by atoms with Crippen LogP contribution in [0.15, 0.2) is 40.9 Å². The molecule has 18 heavy (non-hydrogen) atoms. The van der Waals surface area contributed by atoms with Crippen molar-refractivity contribution in [2.45, 2.75) is 0 Å². The summed E-state index contributed by atoms with van der Waals surface area (Å²) >= 11 is 11.0. The highest BCUT2D eigenvalue weighted by Crippen LogP contribution is 2.33. The molecule has 0 aliphatic carbocycles. The predicted molar refractivity (Wildman–Crippen MR) is 82.2 cm³/mol. The first kappa shape index (κ1) is 12.0. The minimum atomic E-state index is 0.719. The maximum absolute atomic E-state index is 5.98. The molecule has 0 unspecified atom stereocenters. The molecule has 0 saturated heterocycles. The molecule has 0 radical (unpaired) electrons. The van der Waals surface area contributed by atoms with E-state index in [0.717, 1.165) is 36.0 Å². The lowest BCUT2D eigenvalue weighted by molar-refractivity contribution is 1.47. The van der Waals surface area contributed by atoms with Crippen molar-refractivity contribution in [1.29, 1.82) is 0 Å². The second-order valence-corrected chi connectivity index (χ2v) is 6.29. The Hall–Kier alpha value is -1.10. The Kier molecular flexibility index (Phi) is 3.01. The summed E-state index contributed by atoms with van der Waals surface area (Å²) in [6.45, 7) is 0. The van der Waals surface area contributed by atoms with Gasteiger partial charge in [-0.05, 0) is 36.4 Å². The second-order valence-electron chi connectivity index (χ2n) is 3.90. The number of thiazole rings is 1. The zero-order valence-electron chi connectivity index (χ0n) is 9.15. The number of nitrogens with zero attached hydrogens (tertiary/aromatic N) is 1. The Morgan fingerprint density at radius 3 is 2.78 bits per heavy atom. The molecule has 1 heterocycles. The Bertz CT molecular complexity index is 719. The second kappa shape index (κ2) is 4.53. The lowest BCUT2D eigenvalue weighted by Gasteiger charge is -1.99. The summed E-state index contributed by atoms with van der Waals surface area (Å²) in [5.41, 5.74) is 8.53. The van der Waals surface area contributed by atoms with Crippen molar-refractivity contribution in [3.05, 3.63) is 45.9 Å². The van der Waals surface area contributed by atoms with Crippen LogP contribution >= 0.6 is 38.9 Å². The number of benzene rings is 2. The minimum Gasteiger partial charge on any atom is -0.399 e. The summed E-state index contributed by atoms with van der Waals surface area (Å²) in [5, 5.41) is 1.67. The van der Waals surface area contributed by atoms with Crippen molar-refractivity contribution >= 4 is 54.8 Å². The molecule has 0 bridgehead atoms. The highest BCUT2D eigenvalue weighted by atomic mass is 79.9. The van der Waals surface area contributed by atoms with Crippen LogP contribution in [0, 0.1) is 0 Å². The number of anilines is 1. The molecule has 2 aromatic carbocycles. The van der Waals surface area contributed by atoms with Gasteiger partial charge >= 0.3 is 0 Å². The number of fused-ring (bicyclic) bond motifs is 1. The third-order valence-electron chi connectivity index (χ3n) is 2.52. The Labute approximate surface area is 122 Å². The van der Waals surface area contributed by atoms with E-state index in [-0.39, 0.29) is 0 Å². The SMILES string of the molecule is Nc1cc(Br)cc(-c2nc3ccc(Cl)cc3s2)c1. The van der Waals surface area contributed by atoms with Crippen LogP contribution in [-0.4, -0.2) is 4.98 Å². The minimum absolute atomic E-state index is 0.719. The van der Waals surface area contributed by atoms with Gasteiger partial charge in [0.1, 0.15) is 5.01 Å². The normalized spacial score (nSPS) is 11.0. The molecule has 3 rings (SSSR count). The van der Waals surface area contributed by atoms with Gasteiger partial charge in [-0.1, -0.05) is 27.5 Å². The van der Waals surface area contributed by atoms with Crippen LogP contribution in [0.5, 0.6) is 0 Å². The maximum Gasteiger partial charge on any atom is 0.124 e. The topological polar surface area (TPSA) is 38.9 Å². The van der Waals surface area contributed by atoms with Crippen LogP contribution in [0.2, 0.25) is 5.02 Å². The highest BCUT2D eigenvalue weighted by molar-refractivity contribution is 9.10. The number of nitrogens with two attached hydrogens (primary N) is 1. The molecule has 0 fully saturated rings. The maximum atomic E-state index is 5.98. The van der Waals surface area contributed by atoms with Crippen LogP contribution in [0.25, 0.3) is 20.8 Å². The lowest BCUT2D eigenvalue weighted by atomic mass is 10.2. The van der Waals surface area contributed by atoms with E-state index in [0.29, 0.717) is 0 Å². The number of rotatable bonds is 1. The largest absolute Gasteiger partial charge is 0.399 e. The lowest BCUT2D eigenvalue weighted by Crippen LogP contribution is -1.85. The van der Waals surface area contributed by atoms with Crippen molar-refractivity contribution < 1.29 is 0 Å². The van der Waals surface area contributed by atoms with Gasteiger partial charge in [0.25, 0.3) is 0 Å². The quantitative estimate of drug-likeness (QED) is 0.636. The van der Waals surface area contributed by atoms with Gasteiger partial charge in [0.05, 0.1) is 10.2 Å². The van der Waals surface area contributed by atoms with E-state index in [1.54, 1.807) is 11.3 Å². The van der Waals surface area contributed by atoms with E-state index in [1.165, 1.54) is 0 Å². The van der Waals surface area contributed by atoms with E-state index >= 15 is 0 Å². The number of aromatic nitrogens is 1. The smallest absolute Gasteiger partial charge is 0.124 e. The third kappa shape index (κ3) is 2.23. The first-order valence-electron chi connectivity index (χ1n) is 5.24. The fourth-order valence-corrected chi connectivity index (χ4v) is 3.50. The Balaban J connectivity index is 2.19. The Morgan fingerprint density at radius 1 is 1.17 bits per heavy atom. The van der Waals surface area contributed by atoms with Crippen molar-refractivity contribution in [1.82, 2.24) is 4.98 Å². The van der Waals surface area contributed by atoms with Gasteiger partial charge in [0, 0.05) is 20.7 Å². The molecule has 0 saturated carbocycles. The summed E-state index contributed by atoms with van der Waals surface area (Å²) in [7, 11) is 0. The number of nitrogen functional groups attached to an aromatic ring is 1. The third-order valence-corrected chi connectivity index (χ3v) is 4.28. The first-order valence-corrected chi connectivity index (χ1v) is 7.23. The van der Waals surface area contributed by atoms with E-state index in [4.69, 9.17) is 17.3 Å². The van der Waals surface area contributed by atoms with E-state index < -0.39 is 0 Å². The summed E-state index contributed by atoms with van der Waals surface area (Å²) in [5.74, 6) is 0. The van der Waals surface area contributed by atoms with Gasteiger partial charge < -0.3 is 5.73 Å². The first-order chi connectivity index (χ1) is 8.61. The number of hydrogen-bond donors (Lipinski definition) is 1. The highest BCUT2D eigenvalue weighted by Gasteiger charge is 2.08. The molecule has 0 aliphatic heterocycles. The molecule has 3 aromatic rings. The molecule has 0 amide bonds. The van der Waals surface area contributed by atoms with Crippen molar-refractivity contribution in [3.63, 3.8) is 0 Å². The van der Waals surface area contributed by atoms with Gasteiger partial charge in [-0.15, -0.1) is 11.3 Å². The van der Waals surface area contributed by atoms with E-state index in [1.807, 2.05) is 36.4 Å². The summed E-state index contributed by atoms with van der Waals surface area (Å²) in [6.07, 6.45) is 0. The molecule has 0 aliphatic rings. The average molecular weight is 340 g/mol. The molecule has 0 atom stereocenters. The van der Waals surface area contributed by atoms with Crippen molar-refractivity contribution in [2.75, 3.05) is 5.73 Å². The zero-order chi connectivity index (χ0) is 12.7. The molecular formula is C13H8BrClN2S. The van der Waals surface area contributed by atoms with Gasteiger partial charge in [0.2, 0.25) is 0 Å². The van der Waals surface area contributed by atoms with Crippen LogP contribution in [-0.2, 0) is 0 Å². The van der Waals surface area contributed by atoms with Crippen LogP contribution in [0.1, 0.15) is 0 Å². The molecule has 2 nitrogen and oxygen atoms in total. The fourth-order valence-electron chi connectivity index (χ4n) is 1.76. The predicted octanol–water partition coefficient (Wildman–Crippen LogP) is 4.96. The molecule has 0 spiro atoms.